The van der Waals surface area contributed by atoms with Crippen LogP contribution in [0, 0.1) is 17.2 Å². The molecular weight excluding hydrogens is 188 g/mol. The molecule has 1 aromatic heterocycles. The molecule has 0 radical (unpaired) electrons. The monoisotopic (exact) mass is 202 g/mol. The number of rotatable bonds is 1. The Morgan fingerprint density at radius 1 is 1.40 bits per heavy atom. The van der Waals surface area contributed by atoms with Crippen molar-refractivity contribution in [2.75, 3.05) is 11.4 Å². The molecule has 2 rings (SSSR count). The summed E-state index contributed by atoms with van der Waals surface area (Å²) >= 11 is 0. The summed E-state index contributed by atoms with van der Waals surface area (Å²) in [5.74, 6) is 1.38. The molecule has 1 fully saturated rings. The first-order valence-corrected chi connectivity index (χ1v) is 5.21. The molecule has 0 spiro atoms. The summed E-state index contributed by atoms with van der Waals surface area (Å²) in [6.45, 7) is 5.37. The highest BCUT2D eigenvalue weighted by atomic mass is 15.2. The van der Waals surface area contributed by atoms with E-state index in [1.165, 1.54) is 0 Å². The summed E-state index contributed by atoms with van der Waals surface area (Å²) in [4.78, 5) is 10.5. The van der Waals surface area contributed by atoms with E-state index < -0.39 is 0 Å². The smallest absolute Gasteiger partial charge is 0.183 e. The summed E-state index contributed by atoms with van der Waals surface area (Å²) in [6, 6.07) is 2.53. The van der Waals surface area contributed by atoms with Crippen molar-refractivity contribution in [1.82, 2.24) is 9.97 Å². The Balaban J connectivity index is 2.34. The summed E-state index contributed by atoms with van der Waals surface area (Å²) in [6.07, 6.45) is 4.36. The largest absolute Gasteiger partial charge is 0.351 e. The number of anilines is 1. The molecule has 0 saturated carbocycles. The van der Waals surface area contributed by atoms with E-state index in [2.05, 4.69) is 34.8 Å². The fourth-order valence-electron chi connectivity index (χ4n) is 2.01. The normalized spacial score (nSPS) is 25.3. The van der Waals surface area contributed by atoms with Gasteiger partial charge >= 0.3 is 0 Å². The lowest BCUT2D eigenvalue weighted by Gasteiger charge is -2.24. The maximum Gasteiger partial charge on any atom is 0.183 e. The van der Waals surface area contributed by atoms with Crippen LogP contribution in [0.25, 0.3) is 0 Å². The van der Waals surface area contributed by atoms with Crippen molar-refractivity contribution in [2.24, 2.45) is 5.92 Å². The third-order valence-electron chi connectivity index (χ3n) is 3.20. The van der Waals surface area contributed by atoms with E-state index in [-0.39, 0.29) is 0 Å². The second-order valence-electron chi connectivity index (χ2n) is 4.04. The molecule has 1 aliphatic heterocycles. The topological polar surface area (TPSA) is 52.8 Å². The summed E-state index contributed by atoms with van der Waals surface area (Å²) in [5, 5.41) is 8.95. The van der Waals surface area contributed by atoms with Crippen molar-refractivity contribution in [3.05, 3.63) is 18.1 Å². The number of hydrogen-bond donors (Lipinski definition) is 0. The van der Waals surface area contributed by atoms with Crippen LogP contribution < -0.4 is 4.90 Å². The Bertz CT molecular complexity index is 396. The first-order valence-electron chi connectivity index (χ1n) is 5.21. The summed E-state index contributed by atoms with van der Waals surface area (Å²) in [5.41, 5.74) is 0.429. The molecule has 0 bridgehead atoms. The third kappa shape index (κ3) is 1.65. The maximum absolute atomic E-state index is 8.95. The molecule has 78 valence electrons. The minimum atomic E-state index is 0.429. The van der Waals surface area contributed by atoms with Crippen LogP contribution in [-0.4, -0.2) is 22.6 Å². The zero-order chi connectivity index (χ0) is 10.8. The van der Waals surface area contributed by atoms with Gasteiger partial charge in [0.05, 0.1) is 0 Å². The fraction of sp³-hybridized carbons (Fsp3) is 0.545. The van der Waals surface area contributed by atoms with Gasteiger partial charge in [-0.3, -0.25) is 0 Å². The number of hydrogen-bond acceptors (Lipinski definition) is 4. The molecule has 2 atom stereocenters. The van der Waals surface area contributed by atoms with Crippen molar-refractivity contribution in [1.29, 1.82) is 5.26 Å². The molecule has 1 aliphatic rings. The minimum absolute atomic E-state index is 0.429. The van der Waals surface area contributed by atoms with Gasteiger partial charge in [-0.15, -0.1) is 0 Å². The van der Waals surface area contributed by atoms with Crippen LogP contribution in [-0.2, 0) is 0 Å². The molecule has 15 heavy (non-hydrogen) atoms. The summed E-state index contributed by atoms with van der Waals surface area (Å²) in [7, 11) is 0. The quantitative estimate of drug-likeness (QED) is 0.693. The predicted molar refractivity (Wildman–Crippen MR) is 57.3 cm³/mol. The second-order valence-corrected chi connectivity index (χ2v) is 4.04. The molecule has 1 saturated heterocycles. The highest BCUT2D eigenvalue weighted by Crippen LogP contribution is 2.28. The maximum atomic E-state index is 8.95. The van der Waals surface area contributed by atoms with Gasteiger partial charge in [0.2, 0.25) is 0 Å². The van der Waals surface area contributed by atoms with E-state index in [1.54, 1.807) is 12.4 Å². The van der Waals surface area contributed by atoms with Crippen LogP contribution >= 0.6 is 0 Å². The fourth-order valence-corrected chi connectivity index (χ4v) is 2.01. The van der Waals surface area contributed by atoms with Crippen molar-refractivity contribution in [3.8, 4) is 6.07 Å². The highest BCUT2D eigenvalue weighted by molar-refractivity contribution is 5.51. The Kier molecular flexibility index (Phi) is 2.55. The lowest BCUT2D eigenvalue weighted by atomic mass is 10.1. The average Bonchev–Trinajstić information content (AvgIpc) is 2.60. The van der Waals surface area contributed by atoms with Gasteiger partial charge in [-0.05, 0) is 19.3 Å². The van der Waals surface area contributed by atoms with Crippen molar-refractivity contribution in [2.45, 2.75) is 26.3 Å². The van der Waals surface area contributed by atoms with E-state index in [9.17, 15) is 0 Å². The van der Waals surface area contributed by atoms with E-state index >= 15 is 0 Å². The van der Waals surface area contributed by atoms with E-state index in [4.69, 9.17) is 5.26 Å². The Labute approximate surface area is 89.6 Å². The van der Waals surface area contributed by atoms with E-state index in [0.717, 1.165) is 18.8 Å². The zero-order valence-electron chi connectivity index (χ0n) is 9.01. The van der Waals surface area contributed by atoms with Gasteiger partial charge in [0.25, 0.3) is 0 Å². The molecule has 4 heteroatoms. The highest BCUT2D eigenvalue weighted by Gasteiger charge is 2.29. The van der Waals surface area contributed by atoms with Crippen molar-refractivity contribution in [3.63, 3.8) is 0 Å². The molecule has 0 amide bonds. The van der Waals surface area contributed by atoms with Crippen LogP contribution in [0.5, 0.6) is 0 Å². The standard InChI is InChI=1S/C11H14N4/c1-8-3-6-15(9(8)2)11-10(7-12)13-4-5-14-11/h4-5,8-9H,3,6H2,1-2H3. The van der Waals surface area contributed by atoms with Crippen molar-refractivity contribution >= 4 is 5.82 Å². The number of nitrogens with zero attached hydrogens (tertiary/aromatic N) is 4. The molecule has 0 aliphatic carbocycles. The molecular formula is C11H14N4. The van der Waals surface area contributed by atoms with Crippen LogP contribution in [0.2, 0.25) is 0 Å². The van der Waals surface area contributed by atoms with Gasteiger partial charge in [0.15, 0.2) is 11.5 Å². The molecule has 2 heterocycles. The molecule has 4 nitrogen and oxygen atoms in total. The predicted octanol–water partition coefficient (Wildman–Crippen LogP) is 1.58. The zero-order valence-corrected chi connectivity index (χ0v) is 9.01. The van der Waals surface area contributed by atoms with Crippen LogP contribution in [0.15, 0.2) is 12.4 Å². The molecule has 1 aromatic rings. The van der Waals surface area contributed by atoms with Crippen LogP contribution in [0.3, 0.4) is 0 Å². The Morgan fingerprint density at radius 2 is 2.13 bits per heavy atom. The lowest BCUT2D eigenvalue weighted by molar-refractivity contribution is 0.544. The van der Waals surface area contributed by atoms with Crippen LogP contribution in [0.4, 0.5) is 5.82 Å². The van der Waals surface area contributed by atoms with Crippen LogP contribution in [0.1, 0.15) is 26.0 Å². The average molecular weight is 202 g/mol. The molecule has 0 N–H and O–H groups in total. The Hall–Kier alpha value is -1.63. The van der Waals surface area contributed by atoms with Gasteiger partial charge in [0.1, 0.15) is 6.07 Å². The molecule has 0 aromatic carbocycles. The summed E-state index contributed by atoms with van der Waals surface area (Å²) < 4.78 is 0. The van der Waals surface area contributed by atoms with Gasteiger partial charge in [-0.1, -0.05) is 6.92 Å². The van der Waals surface area contributed by atoms with Crippen molar-refractivity contribution < 1.29 is 0 Å². The van der Waals surface area contributed by atoms with E-state index in [0.29, 0.717) is 17.7 Å². The first kappa shape index (κ1) is 9.91. The minimum Gasteiger partial charge on any atom is -0.351 e. The lowest BCUT2D eigenvalue weighted by Crippen LogP contribution is -2.30. The van der Waals surface area contributed by atoms with Gasteiger partial charge in [-0.25, -0.2) is 9.97 Å². The third-order valence-corrected chi connectivity index (χ3v) is 3.20. The number of aromatic nitrogens is 2. The van der Waals surface area contributed by atoms with Gasteiger partial charge < -0.3 is 4.90 Å². The number of nitriles is 1. The van der Waals surface area contributed by atoms with Gasteiger partial charge in [0, 0.05) is 25.0 Å². The van der Waals surface area contributed by atoms with E-state index in [1.807, 2.05) is 0 Å². The Morgan fingerprint density at radius 3 is 2.73 bits per heavy atom. The SMILES string of the molecule is CC1CCN(c2nccnc2C#N)C1C. The first-order chi connectivity index (χ1) is 7.24. The second kappa shape index (κ2) is 3.85. The molecule has 2 unspecified atom stereocenters. The van der Waals surface area contributed by atoms with Gasteiger partial charge in [-0.2, -0.15) is 5.26 Å².